The van der Waals surface area contributed by atoms with E-state index in [1.54, 1.807) is 24.3 Å². The highest BCUT2D eigenvalue weighted by Crippen LogP contribution is 2.18. The Bertz CT molecular complexity index is 761. The number of carbonyl (C=O) groups excluding carboxylic acids is 2. The fourth-order valence-electron chi connectivity index (χ4n) is 2.30. The van der Waals surface area contributed by atoms with E-state index in [9.17, 15) is 14.0 Å². The summed E-state index contributed by atoms with van der Waals surface area (Å²) >= 11 is 3.11. The predicted molar refractivity (Wildman–Crippen MR) is 99.9 cm³/mol. The van der Waals surface area contributed by atoms with Gasteiger partial charge in [0.15, 0.2) is 0 Å². The van der Waals surface area contributed by atoms with Crippen LogP contribution in [0.5, 0.6) is 0 Å². The van der Waals surface area contributed by atoms with Crippen molar-refractivity contribution in [2.24, 2.45) is 0 Å². The van der Waals surface area contributed by atoms with Crippen LogP contribution < -0.4 is 10.6 Å². The third-order valence-corrected chi connectivity index (χ3v) is 4.01. The first-order valence-corrected chi connectivity index (χ1v) is 8.75. The largest absolute Gasteiger partial charge is 0.354 e. The number of nitrogens with one attached hydrogen (secondary N) is 2. The molecule has 25 heavy (non-hydrogen) atoms. The average molecular weight is 407 g/mol. The van der Waals surface area contributed by atoms with Crippen LogP contribution in [0.15, 0.2) is 46.9 Å². The van der Waals surface area contributed by atoms with Gasteiger partial charge in [0.2, 0.25) is 11.8 Å². The van der Waals surface area contributed by atoms with Crippen molar-refractivity contribution in [3.8, 4) is 0 Å². The Kier molecular flexibility index (Phi) is 6.70. The molecule has 2 aromatic rings. The fourth-order valence-corrected chi connectivity index (χ4v) is 2.73. The van der Waals surface area contributed by atoms with Crippen LogP contribution in [0, 0.1) is 5.82 Å². The van der Waals surface area contributed by atoms with Gasteiger partial charge in [0.25, 0.3) is 0 Å². The van der Waals surface area contributed by atoms with E-state index in [2.05, 4.69) is 26.6 Å². The van der Waals surface area contributed by atoms with Gasteiger partial charge in [0, 0.05) is 11.7 Å². The molecule has 0 atom stereocenters. The van der Waals surface area contributed by atoms with E-state index in [-0.39, 0.29) is 30.1 Å². The third-order valence-electron chi connectivity index (χ3n) is 3.40. The predicted octanol–water partition coefficient (Wildman–Crippen LogP) is 3.84. The molecule has 2 rings (SSSR count). The van der Waals surface area contributed by atoms with Crippen LogP contribution in [-0.4, -0.2) is 17.9 Å². The first-order chi connectivity index (χ1) is 11.8. The van der Waals surface area contributed by atoms with Gasteiger partial charge >= 0.3 is 0 Å². The van der Waals surface area contributed by atoms with Gasteiger partial charge in [-0.1, -0.05) is 18.2 Å². The molecule has 0 spiro atoms. The maximum atomic E-state index is 13.2. The molecule has 0 heterocycles. The normalized spacial score (nSPS) is 10.6. The SMILES string of the molecule is CC(C)NC(=O)Cc1ccc(NC(=O)Cc2ccc(F)c(Br)c2)cc1. The molecule has 0 aliphatic carbocycles. The average Bonchev–Trinajstić information content (AvgIpc) is 2.52. The van der Waals surface area contributed by atoms with Crippen molar-refractivity contribution < 1.29 is 14.0 Å². The second kappa shape index (κ2) is 8.76. The van der Waals surface area contributed by atoms with Crippen molar-refractivity contribution in [1.29, 1.82) is 0 Å². The molecule has 132 valence electrons. The van der Waals surface area contributed by atoms with E-state index in [1.807, 2.05) is 26.0 Å². The van der Waals surface area contributed by atoms with Gasteiger partial charge < -0.3 is 10.6 Å². The summed E-state index contributed by atoms with van der Waals surface area (Å²) in [6.07, 6.45) is 0.452. The van der Waals surface area contributed by atoms with Crippen LogP contribution in [0.2, 0.25) is 0 Å². The summed E-state index contributed by atoms with van der Waals surface area (Å²) in [5, 5.41) is 5.62. The Morgan fingerprint density at radius 1 is 1.00 bits per heavy atom. The van der Waals surface area contributed by atoms with Crippen LogP contribution in [0.3, 0.4) is 0 Å². The minimum absolute atomic E-state index is 0.0336. The molecule has 0 unspecified atom stereocenters. The van der Waals surface area contributed by atoms with Gasteiger partial charge in [-0.15, -0.1) is 0 Å². The minimum Gasteiger partial charge on any atom is -0.354 e. The van der Waals surface area contributed by atoms with E-state index in [1.165, 1.54) is 6.07 Å². The monoisotopic (exact) mass is 406 g/mol. The van der Waals surface area contributed by atoms with Crippen molar-refractivity contribution in [1.82, 2.24) is 5.32 Å². The van der Waals surface area contributed by atoms with E-state index in [0.29, 0.717) is 22.1 Å². The Hall–Kier alpha value is -2.21. The van der Waals surface area contributed by atoms with Gasteiger partial charge in [0.1, 0.15) is 5.82 Å². The molecule has 0 aliphatic heterocycles. The maximum absolute atomic E-state index is 13.2. The smallest absolute Gasteiger partial charge is 0.228 e. The van der Waals surface area contributed by atoms with Gasteiger partial charge in [0.05, 0.1) is 17.3 Å². The van der Waals surface area contributed by atoms with Crippen LogP contribution in [0.4, 0.5) is 10.1 Å². The zero-order valence-corrected chi connectivity index (χ0v) is 15.7. The summed E-state index contributed by atoms with van der Waals surface area (Å²) in [5.74, 6) is -0.585. The van der Waals surface area contributed by atoms with E-state index in [4.69, 9.17) is 0 Å². The Morgan fingerprint density at radius 2 is 1.60 bits per heavy atom. The number of rotatable bonds is 6. The molecular formula is C19H20BrFN2O2. The molecule has 2 amide bonds. The van der Waals surface area contributed by atoms with E-state index < -0.39 is 0 Å². The summed E-state index contributed by atoms with van der Waals surface area (Å²) in [4.78, 5) is 23.8. The van der Waals surface area contributed by atoms with Gasteiger partial charge in [-0.3, -0.25) is 9.59 Å². The van der Waals surface area contributed by atoms with Crippen molar-refractivity contribution in [2.75, 3.05) is 5.32 Å². The number of hydrogen-bond donors (Lipinski definition) is 2. The minimum atomic E-state index is -0.360. The molecule has 0 aromatic heterocycles. The van der Waals surface area contributed by atoms with Crippen molar-refractivity contribution in [2.45, 2.75) is 32.7 Å². The number of hydrogen-bond acceptors (Lipinski definition) is 2. The number of amides is 2. The van der Waals surface area contributed by atoms with Gasteiger partial charge in [-0.2, -0.15) is 0 Å². The Morgan fingerprint density at radius 3 is 2.20 bits per heavy atom. The number of halogens is 2. The first kappa shape index (κ1) is 19.1. The zero-order chi connectivity index (χ0) is 18.4. The van der Waals surface area contributed by atoms with Crippen LogP contribution in [0.25, 0.3) is 0 Å². The number of carbonyl (C=O) groups is 2. The molecule has 0 fully saturated rings. The highest BCUT2D eigenvalue weighted by molar-refractivity contribution is 9.10. The lowest BCUT2D eigenvalue weighted by Crippen LogP contribution is -2.31. The summed E-state index contributed by atoms with van der Waals surface area (Å²) in [6, 6.07) is 11.7. The highest BCUT2D eigenvalue weighted by Gasteiger charge is 2.08. The van der Waals surface area contributed by atoms with Crippen molar-refractivity contribution in [3.05, 3.63) is 63.9 Å². The lowest BCUT2D eigenvalue weighted by molar-refractivity contribution is -0.121. The Balaban J connectivity index is 1.90. The molecule has 0 radical (unpaired) electrons. The van der Waals surface area contributed by atoms with Crippen molar-refractivity contribution in [3.63, 3.8) is 0 Å². The molecule has 2 aromatic carbocycles. The fraction of sp³-hybridized carbons (Fsp3) is 0.263. The number of benzene rings is 2. The lowest BCUT2D eigenvalue weighted by atomic mass is 10.1. The summed E-state index contributed by atoms with van der Waals surface area (Å²) < 4.78 is 13.5. The van der Waals surface area contributed by atoms with Crippen LogP contribution >= 0.6 is 15.9 Å². The molecule has 0 saturated heterocycles. The highest BCUT2D eigenvalue weighted by atomic mass is 79.9. The second-order valence-electron chi connectivity index (χ2n) is 6.07. The maximum Gasteiger partial charge on any atom is 0.228 e. The first-order valence-electron chi connectivity index (χ1n) is 7.95. The van der Waals surface area contributed by atoms with E-state index in [0.717, 1.165) is 5.56 Å². The lowest BCUT2D eigenvalue weighted by Gasteiger charge is -2.09. The van der Waals surface area contributed by atoms with Crippen LogP contribution in [-0.2, 0) is 22.4 Å². The van der Waals surface area contributed by atoms with Gasteiger partial charge in [-0.05, 0) is 65.2 Å². The molecule has 2 N–H and O–H groups in total. The van der Waals surface area contributed by atoms with Crippen molar-refractivity contribution >= 4 is 33.4 Å². The molecule has 4 nitrogen and oxygen atoms in total. The third kappa shape index (κ3) is 6.31. The Labute approximate surface area is 154 Å². The summed E-state index contributed by atoms with van der Waals surface area (Å²) in [5.41, 5.74) is 2.24. The molecular weight excluding hydrogens is 387 g/mol. The van der Waals surface area contributed by atoms with Crippen LogP contribution in [0.1, 0.15) is 25.0 Å². The van der Waals surface area contributed by atoms with Gasteiger partial charge in [-0.25, -0.2) is 4.39 Å². The molecule has 0 aliphatic rings. The quantitative estimate of drug-likeness (QED) is 0.765. The zero-order valence-electron chi connectivity index (χ0n) is 14.1. The molecule has 0 saturated carbocycles. The molecule has 6 heteroatoms. The molecule has 0 bridgehead atoms. The summed E-state index contributed by atoms with van der Waals surface area (Å²) in [6.45, 7) is 3.83. The standard InChI is InChI=1S/C19H20BrFN2O2/c1-12(2)22-18(24)10-13-3-6-15(7-4-13)23-19(25)11-14-5-8-17(21)16(20)9-14/h3-9,12H,10-11H2,1-2H3,(H,22,24)(H,23,25). The summed E-state index contributed by atoms with van der Waals surface area (Å²) in [7, 11) is 0. The topological polar surface area (TPSA) is 58.2 Å². The second-order valence-corrected chi connectivity index (χ2v) is 6.92. The number of anilines is 1. The van der Waals surface area contributed by atoms with E-state index >= 15 is 0 Å².